The molecule has 0 heterocycles. The van der Waals surface area contributed by atoms with Crippen molar-refractivity contribution in [1.29, 1.82) is 5.26 Å². The molecule has 4 nitrogen and oxygen atoms in total. The van der Waals surface area contributed by atoms with Crippen LogP contribution in [0.1, 0.15) is 11.1 Å². The van der Waals surface area contributed by atoms with E-state index in [2.05, 4.69) is 21.2 Å². The highest BCUT2D eigenvalue weighted by molar-refractivity contribution is 9.10. The van der Waals surface area contributed by atoms with Gasteiger partial charge in [0.2, 0.25) is 0 Å². The van der Waals surface area contributed by atoms with Gasteiger partial charge in [-0.2, -0.15) is 5.26 Å². The molecule has 1 amide bonds. The number of benzene rings is 3. The van der Waals surface area contributed by atoms with Crippen LogP contribution in [0.25, 0.3) is 6.08 Å². The van der Waals surface area contributed by atoms with Crippen LogP contribution in [0.2, 0.25) is 15.1 Å². The SMILES string of the molecule is N#C/C(=C/c1cc(Br)ccc1OCc1ccccc1Cl)C(=O)Nc1cccc(Cl)c1Cl. The lowest BCUT2D eigenvalue weighted by Crippen LogP contribution is -2.14. The number of hydrogen-bond acceptors (Lipinski definition) is 3. The predicted octanol–water partition coefficient (Wildman–Crippen LogP) is 7.53. The van der Waals surface area contributed by atoms with Crippen LogP contribution in [0.5, 0.6) is 5.75 Å². The van der Waals surface area contributed by atoms with Crippen LogP contribution in [-0.2, 0) is 11.4 Å². The van der Waals surface area contributed by atoms with Gasteiger partial charge >= 0.3 is 0 Å². The molecule has 0 saturated carbocycles. The quantitative estimate of drug-likeness (QED) is 0.262. The number of hydrogen-bond donors (Lipinski definition) is 1. The molecule has 0 unspecified atom stereocenters. The monoisotopic (exact) mass is 534 g/mol. The second-order valence-corrected chi connectivity index (χ2v) is 8.40. The lowest BCUT2D eigenvalue weighted by molar-refractivity contribution is -0.112. The Bertz CT molecular complexity index is 1210. The van der Waals surface area contributed by atoms with Crippen LogP contribution in [0.3, 0.4) is 0 Å². The maximum absolute atomic E-state index is 12.7. The van der Waals surface area contributed by atoms with Crippen LogP contribution in [0, 0.1) is 11.3 Å². The number of anilines is 1. The van der Waals surface area contributed by atoms with E-state index in [-0.39, 0.29) is 17.2 Å². The molecule has 3 aromatic carbocycles. The zero-order chi connectivity index (χ0) is 22.4. The molecule has 0 radical (unpaired) electrons. The summed E-state index contributed by atoms with van der Waals surface area (Å²) in [5.74, 6) is -0.131. The van der Waals surface area contributed by atoms with E-state index in [0.29, 0.717) is 27.0 Å². The number of nitriles is 1. The number of rotatable bonds is 6. The summed E-state index contributed by atoms with van der Waals surface area (Å²) >= 11 is 21.7. The van der Waals surface area contributed by atoms with E-state index in [1.165, 1.54) is 6.08 Å². The first-order valence-electron chi connectivity index (χ1n) is 8.92. The molecule has 3 aromatic rings. The zero-order valence-electron chi connectivity index (χ0n) is 15.8. The molecule has 0 aliphatic carbocycles. The van der Waals surface area contributed by atoms with Gasteiger partial charge in [-0.15, -0.1) is 0 Å². The number of ether oxygens (including phenoxy) is 1. The highest BCUT2D eigenvalue weighted by atomic mass is 79.9. The Kier molecular flexibility index (Phi) is 8.00. The molecule has 8 heteroatoms. The molecule has 0 bridgehead atoms. The average Bonchev–Trinajstić information content (AvgIpc) is 2.75. The summed E-state index contributed by atoms with van der Waals surface area (Å²) in [6.45, 7) is 0.231. The minimum Gasteiger partial charge on any atom is -0.488 e. The van der Waals surface area contributed by atoms with Crippen molar-refractivity contribution >= 4 is 68.4 Å². The van der Waals surface area contributed by atoms with E-state index < -0.39 is 5.91 Å². The predicted molar refractivity (Wildman–Crippen MR) is 129 cm³/mol. The third kappa shape index (κ3) is 6.03. The molecule has 31 heavy (non-hydrogen) atoms. The van der Waals surface area contributed by atoms with Gasteiger partial charge in [0.05, 0.1) is 15.7 Å². The summed E-state index contributed by atoms with van der Waals surface area (Å²) < 4.78 is 6.67. The van der Waals surface area contributed by atoms with Crippen LogP contribution >= 0.6 is 50.7 Å². The molecular weight excluding hydrogens is 523 g/mol. The van der Waals surface area contributed by atoms with Crippen LogP contribution in [0.15, 0.2) is 70.7 Å². The second kappa shape index (κ2) is 10.7. The van der Waals surface area contributed by atoms with Gasteiger partial charge in [0.15, 0.2) is 0 Å². The van der Waals surface area contributed by atoms with E-state index >= 15 is 0 Å². The first-order chi connectivity index (χ1) is 14.9. The first-order valence-corrected chi connectivity index (χ1v) is 10.8. The largest absolute Gasteiger partial charge is 0.488 e. The molecule has 156 valence electrons. The Morgan fingerprint density at radius 2 is 1.81 bits per heavy atom. The van der Waals surface area contributed by atoms with Crippen molar-refractivity contribution in [3.63, 3.8) is 0 Å². The summed E-state index contributed by atoms with van der Waals surface area (Å²) in [4.78, 5) is 12.7. The smallest absolute Gasteiger partial charge is 0.266 e. The van der Waals surface area contributed by atoms with Crippen molar-refractivity contribution in [3.05, 3.63) is 96.9 Å². The summed E-state index contributed by atoms with van der Waals surface area (Å²) in [6.07, 6.45) is 1.44. The van der Waals surface area contributed by atoms with Crippen LogP contribution in [-0.4, -0.2) is 5.91 Å². The minimum atomic E-state index is -0.622. The summed E-state index contributed by atoms with van der Waals surface area (Å²) in [7, 11) is 0. The van der Waals surface area contributed by atoms with Gasteiger partial charge in [-0.1, -0.05) is 75.0 Å². The Morgan fingerprint density at radius 3 is 2.55 bits per heavy atom. The lowest BCUT2D eigenvalue weighted by Gasteiger charge is -2.12. The van der Waals surface area contributed by atoms with Crippen molar-refractivity contribution < 1.29 is 9.53 Å². The Labute approximate surface area is 203 Å². The number of carbonyl (C=O) groups excluding carboxylic acids is 1. The van der Waals surface area contributed by atoms with Gasteiger partial charge in [0, 0.05) is 20.6 Å². The van der Waals surface area contributed by atoms with Gasteiger partial charge in [-0.25, -0.2) is 0 Å². The Balaban J connectivity index is 1.87. The zero-order valence-corrected chi connectivity index (χ0v) is 19.7. The van der Waals surface area contributed by atoms with Crippen molar-refractivity contribution in [1.82, 2.24) is 0 Å². The summed E-state index contributed by atoms with van der Waals surface area (Å²) in [5.41, 5.74) is 1.54. The van der Waals surface area contributed by atoms with Gasteiger partial charge in [0.1, 0.15) is 24.0 Å². The number of nitrogens with one attached hydrogen (secondary N) is 1. The van der Waals surface area contributed by atoms with Gasteiger partial charge in [0.25, 0.3) is 5.91 Å². The summed E-state index contributed by atoms with van der Waals surface area (Å²) in [5, 5.41) is 13.2. The third-order valence-electron chi connectivity index (χ3n) is 4.18. The van der Waals surface area contributed by atoms with E-state index in [4.69, 9.17) is 39.5 Å². The van der Waals surface area contributed by atoms with Gasteiger partial charge < -0.3 is 10.1 Å². The first kappa shape index (κ1) is 23.2. The topological polar surface area (TPSA) is 62.1 Å². The highest BCUT2D eigenvalue weighted by Crippen LogP contribution is 2.31. The molecule has 0 atom stereocenters. The molecule has 0 saturated heterocycles. The normalized spacial score (nSPS) is 11.0. The van der Waals surface area contributed by atoms with E-state index in [1.807, 2.05) is 24.3 Å². The molecule has 0 aliphatic heterocycles. The van der Waals surface area contributed by atoms with E-state index in [9.17, 15) is 10.1 Å². The maximum Gasteiger partial charge on any atom is 0.266 e. The fraction of sp³-hybridized carbons (Fsp3) is 0.0435. The molecule has 0 spiro atoms. The molecular formula is C23H14BrCl3N2O2. The van der Waals surface area contributed by atoms with Crippen LogP contribution < -0.4 is 10.1 Å². The Hall–Kier alpha value is -2.49. The number of carbonyl (C=O) groups is 1. The van der Waals surface area contributed by atoms with Gasteiger partial charge in [-0.3, -0.25) is 4.79 Å². The number of amides is 1. The van der Waals surface area contributed by atoms with E-state index in [1.54, 1.807) is 42.5 Å². The molecule has 0 aromatic heterocycles. The maximum atomic E-state index is 12.7. The van der Waals surface area contributed by atoms with Crippen molar-refractivity contribution in [2.75, 3.05) is 5.32 Å². The Morgan fingerprint density at radius 1 is 1.06 bits per heavy atom. The molecule has 3 rings (SSSR count). The third-order valence-corrected chi connectivity index (χ3v) is 5.86. The lowest BCUT2D eigenvalue weighted by atomic mass is 10.1. The molecule has 0 fully saturated rings. The minimum absolute atomic E-state index is 0.128. The fourth-order valence-corrected chi connectivity index (χ4v) is 3.55. The molecule has 1 N–H and O–H groups in total. The summed E-state index contributed by atoms with van der Waals surface area (Å²) in [6, 6.07) is 19.4. The number of halogens is 4. The van der Waals surface area contributed by atoms with Gasteiger partial charge in [-0.05, 0) is 42.5 Å². The highest BCUT2D eigenvalue weighted by Gasteiger charge is 2.14. The van der Waals surface area contributed by atoms with Crippen molar-refractivity contribution in [2.45, 2.75) is 6.61 Å². The van der Waals surface area contributed by atoms with Crippen molar-refractivity contribution in [3.8, 4) is 11.8 Å². The number of nitrogens with zero attached hydrogens (tertiary/aromatic N) is 1. The fourth-order valence-electron chi connectivity index (χ4n) is 2.63. The van der Waals surface area contributed by atoms with Crippen molar-refractivity contribution in [2.24, 2.45) is 0 Å². The molecule has 0 aliphatic rings. The average molecular weight is 537 g/mol. The van der Waals surface area contributed by atoms with E-state index in [0.717, 1.165) is 10.0 Å². The second-order valence-electron chi connectivity index (χ2n) is 6.29. The standard InChI is InChI=1S/C23H14BrCl3N2O2/c24-17-8-9-21(31-13-14-4-1-2-5-18(14)25)15(11-17)10-16(12-28)23(30)29-20-7-3-6-19(26)22(20)27/h1-11H,13H2,(H,29,30)/b16-10-. The van der Waals surface area contributed by atoms with Crippen LogP contribution in [0.4, 0.5) is 5.69 Å².